The fraction of sp³-hybridized carbons (Fsp3) is 0.368. The van der Waals surface area contributed by atoms with Crippen LogP contribution in [-0.4, -0.2) is 28.9 Å². The molecular formula is C19H23N3O. The molecule has 0 saturated carbocycles. The van der Waals surface area contributed by atoms with Crippen molar-refractivity contribution < 1.29 is 4.79 Å². The molecule has 1 aliphatic rings. The molecule has 1 aromatic carbocycles. The van der Waals surface area contributed by atoms with Gasteiger partial charge in [-0.2, -0.15) is 0 Å². The molecule has 2 heterocycles. The van der Waals surface area contributed by atoms with Crippen LogP contribution in [0.25, 0.3) is 0 Å². The number of anilines is 1. The molecule has 0 radical (unpaired) electrons. The van der Waals surface area contributed by atoms with Gasteiger partial charge in [0, 0.05) is 19.3 Å². The number of carbonyl (C=O) groups excluding carboxylic acids is 1. The summed E-state index contributed by atoms with van der Waals surface area (Å²) in [6, 6.07) is 14.3. The van der Waals surface area contributed by atoms with E-state index >= 15 is 0 Å². The van der Waals surface area contributed by atoms with Crippen molar-refractivity contribution in [3.63, 3.8) is 0 Å². The number of aromatic nitrogens is 1. The molecule has 120 valence electrons. The first-order valence-corrected chi connectivity index (χ1v) is 8.20. The van der Waals surface area contributed by atoms with E-state index in [-0.39, 0.29) is 11.8 Å². The van der Waals surface area contributed by atoms with Gasteiger partial charge in [-0.1, -0.05) is 36.4 Å². The number of hydrogen-bond donors (Lipinski definition) is 1. The van der Waals surface area contributed by atoms with E-state index in [9.17, 15) is 4.79 Å². The largest absolute Gasteiger partial charge is 0.310 e. The van der Waals surface area contributed by atoms with Crippen LogP contribution in [0.3, 0.4) is 0 Å². The molecule has 1 aliphatic heterocycles. The number of benzene rings is 1. The smallest absolute Gasteiger partial charge is 0.229 e. The predicted octanol–water partition coefficient (Wildman–Crippen LogP) is 3.24. The minimum absolute atomic E-state index is 0.0376. The lowest BCUT2D eigenvalue weighted by Crippen LogP contribution is -2.40. The minimum Gasteiger partial charge on any atom is -0.310 e. The van der Waals surface area contributed by atoms with Crippen LogP contribution in [0.4, 0.5) is 5.82 Å². The maximum Gasteiger partial charge on any atom is 0.229 e. The summed E-state index contributed by atoms with van der Waals surface area (Å²) in [5.41, 5.74) is 2.39. The molecule has 0 bridgehead atoms. The van der Waals surface area contributed by atoms with Gasteiger partial charge < -0.3 is 5.32 Å². The summed E-state index contributed by atoms with van der Waals surface area (Å²) >= 11 is 0. The van der Waals surface area contributed by atoms with E-state index in [0.717, 1.165) is 38.0 Å². The zero-order valence-corrected chi connectivity index (χ0v) is 13.5. The number of likely N-dealkylation sites (tertiary alicyclic amines) is 1. The molecule has 1 amide bonds. The van der Waals surface area contributed by atoms with Gasteiger partial charge in [-0.3, -0.25) is 9.69 Å². The highest BCUT2D eigenvalue weighted by Crippen LogP contribution is 2.20. The number of pyridine rings is 1. The van der Waals surface area contributed by atoms with Crippen LogP contribution in [0, 0.1) is 12.8 Å². The van der Waals surface area contributed by atoms with Crippen molar-refractivity contribution in [2.45, 2.75) is 26.3 Å². The quantitative estimate of drug-likeness (QED) is 0.943. The molecule has 0 aliphatic carbocycles. The second-order valence-electron chi connectivity index (χ2n) is 6.27. The number of carbonyl (C=O) groups is 1. The van der Waals surface area contributed by atoms with Crippen molar-refractivity contribution in [3.05, 3.63) is 59.8 Å². The second kappa shape index (κ2) is 7.38. The first-order chi connectivity index (χ1) is 11.2. The number of rotatable bonds is 4. The van der Waals surface area contributed by atoms with Crippen LogP contribution in [0.2, 0.25) is 0 Å². The van der Waals surface area contributed by atoms with Gasteiger partial charge in [-0.15, -0.1) is 0 Å². The summed E-state index contributed by atoms with van der Waals surface area (Å²) in [4.78, 5) is 19.1. The summed E-state index contributed by atoms with van der Waals surface area (Å²) in [5.74, 6) is 0.760. The molecule has 1 aromatic heterocycles. The van der Waals surface area contributed by atoms with E-state index in [1.165, 1.54) is 5.56 Å². The molecule has 1 atom stereocenters. The molecule has 0 spiro atoms. The van der Waals surface area contributed by atoms with Gasteiger partial charge >= 0.3 is 0 Å². The van der Waals surface area contributed by atoms with Gasteiger partial charge in [0.05, 0.1) is 5.92 Å². The molecule has 1 unspecified atom stereocenters. The van der Waals surface area contributed by atoms with Gasteiger partial charge in [0.1, 0.15) is 5.82 Å². The average molecular weight is 309 g/mol. The number of piperidine rings is 1. The maximum atomic E-state index is 12.5. The summed E-state index contributed by atoms with van der Waals surface area (Å²) in [6.07, 6.45) is 3.79. The molecule has 1 N–H and O–H groups in total. The summed E-state index contributed by atoms with van der Waals surface area (Å²) in [7, 11) is 0. The Kier molecular flexibility index (Phi) is 5.03. The van der Waals surface area contributed by atoms with Crippen molar-refractivity contribution in [2.24, 2.45) is 5.92 Å². The van der Waals surface area contributed by atoms with E-state index in [0.29, 0.717) is 5.82 Å². The Bertz CT molecular complexity index is 639. The molecule has 2 aromatic rings. The van der Waals surface area contributed by atoms with E-state index < -0.39 is 0 Å². The Balaban J connectivity index is 1.57. The van der Waals surface area contributed by atoms with Crippen LogP contribution in [0.15, 0.2) is 48.7 Å². The van der Waals surface area contributed by atoms with Gasteiger partial charge in [0.15, 0.2) is 0 Å². The average Bonchev–Trinajstić information content (AvgIpc) is 2.58. The highest BCUT2D eigenvalue weighted by Gasteiger charge is 2.26. The Hall–Kier alpha value is -2.20. The second-order valence-corrected chi connectivity index (χ2v) is 6.27. The molecule has 4 nitrogen and oxygen atoms in total. The van der Waals surface area contributed by atoms with Gasteiger partial charge in [0.25, 0.3) is 0 Å². The molecule has 4 heteroatoms. The van der Waals surface area contributed by atoms with E-state index in [1.807, 2.05) is 25.1 Å². The van der Waals surface area contributed by atoms with Crippen molar-refractivity contribution in [1.82, 2.24) is 9.88 Å². The molecule has 1 fully saturated rings. The fourth-order valence-electron chi connectivity index (χ4n) is 3.02. The zero-order chi connectivity index (χ0) is 16.1. The number of nitrogens with one attached hydrogen (secondary N) is 1. The fourth-order valence-corrected chi connectivity index (χ4v) is 3.02. The first-order valence-electron chi connectivity index (χ1n) is 8.20. The van der Waals surface area contributed by atoms with Crippen LogP contribution in [-0.2, 0) is 11.3 Å². The SMILES string of the molecule is Cc1ccc(NC(=O)C2CCCN(Cc3ccccc3)C2)nc1. The lowest BCUT2D eigenvalue weighted by molar-refractivity contribution is -0.121. The highest BCUT2D eigenvalue weighted by atomic mass is 16.2. The van der Waals surface area contributed by atoms with E-state index in [1.54, 1.807) is 6.20 Å². The van der Waals surface area contributed by atoms with Crippen LogP contribution < -0.4 is 5.32 Å². The third-order valence-corrected chi connectivity index (χ3v) is 4.29. The minimum atomic E-state index is 0.0376. The molecular weight excluding hydrogens is 286 g/mol. The number of amides is 1. The van der Waals surface area contributed by atoms with Crippen molar-refractivity contribution in [2.75, 3.05) is 18.4 Å². The summed E-state index contributed by atoms with van der Waals surface area (Å²) in [6.45, 7) is 4.77. The van der Waals surface area contributed by atoms with Gasteiger partial charge in [-0.05, 0) is 43.5 Å². The summed E-state index contributed by atoms with van der Waals surface area (Å²) < 4.78 is 0. The van der Waals surface area contributed by atoms with Crippen LogP contribution in [0.5, 0.6) is 0 Å². The van der Waals surface area contributed by atoms with Gasteiger partial charge in [0.2, 0.25) is 5.91 Å². The lowest BCUT2D eigenvalue weighted by Gasteiger charge is -2.31. The van der Waals surface area contributed by atoms with Crippen LogP contribution >= 0.6 is 0 Å². The van der Waals surface area contributed by atoms with Crippen molar-refractivity contribution in [1.29, 1.82) is 0 Å². The molecule has 3 rings (SSSR count). The van der Waals surface area contributed by atoms with E-state index in [4.69, 9.17) is 0 Å². The van der Waals surface area contributed by atoms with Gasteiger partial charge in [-0.25, -0.2) is 4.98 Å². The molecule has 23 heavy (non-hydrogen) atoms. The highest BCUT2D eigenvalue weighted by molar-refractivity contribution is 5.91. The Labute approximate surface area is 137 Å². The van der Waals surface area contributed by atoms with Crippen molar-refractivity contribution >= 4 is 11.7 Å². The number of nitrogens with zero attached hydrogens (tertiary/aromatic N) is 2. The number of aryl methyl sites for hydroxylation is 1. The standard InChI is InChI=1S/C19H23N3O/c1-15-9-10-18(20-12-15)21-19(23)17-8-5-11-22(14-17)13-16-6-3-2-4-7-16/h2-4,6-7,9-10,12,17H,5,8,11,13-14H2,1H3,(H,20,21,23). The monoisotopic (exact) mass is 309 g/mol. The first kappa shape index (κ1) is 15.7. The third kappa shape index (κ3) is 4.39. The maximum absolute atomic E-state index is 12.5. The Morgan fingerprint density at radius 2 is 2.09 bits per heavy atom. The number of hydrogen-bond acceptors (Lipinski definition) is 3. The zero-order valence-electron chi connectivity index (χ0n) is 13.5. The topological polar surface area (TPSA) is 45.2 Å². The predicted molar refractivity (Wildman–Crippen MR) is 92.0 cm³/mol. The van der Waals surface area contributed by atoms with Crippen molar-refractivity contribution in [3.8, 4) is 0 Å². The summed E-state index contributed by atoms with van der Waals surface area (Å²) in [5, 5.41) is 2.95. The Morgan fingerprint density at radius 3 is 2.83 bits per heavy atom. The third-order valence-electron chi connectivity index (χ3n) is 4.29. The lowest BCUT2D eigenvalue weighted by atomic mass is 9.96. The Morgan fingerprint density at radius 1 is 1.26 bits per heavy atom. The van der Waals surface area contributed by atoms with E-state index in [2.05, 4.69) is 39.5 Å². The van der Waals surface area contributed by atoms with Crippen LogP contribution in [0.1, 0.15) is 24.0 Å². The molecule has 1 saturated heterocycles. The normalized spacial score (nSPS) is 18.6.